The summed E-state index contributed by atoms with van der Waals surface area (Å²) in [5, 5.41) is 4.34. The third-order valence-corrected chi connectivity index (χ3v) is 8.04. The summed E-state index contributed by atoms with van der Waals surface area (Å²) in [5.41, 5.74) is -0.912. The van der Waals surface area contributed by atoms with Gasteiger partial charge in [0.15, 0.2) is 5.37 Å². The second-order valence-electron chi connectivity index (χ2n) is 7.95. The van der Waals surface area contributed by atoms with Crippen LogP contribution < -0.4 is 15.4 Å². The first-order valence-electron chi connectivity index (χ1n) is 10.1. The Bertz CT molecular complexity index is 1070. The number of hydrogen-bond acceptors (Lipinski definition) is 5. The molecule has 0 radical (unpaired) electrons. The van der Waals surface area contributed by atoms with Gasteiger partial charge in [0.1, 0.15) is 17.4 Å². The molecule has 7 nitrogen and oxygen atoms in total. The maximum Gasteiger partial charge on any atom is 0.256 e. The first-order chi connectivity index (χ1) is 15.1. The zero-order valence-electron chi connectivity index (χ0n) is 18.2. The van der Waals surface area contributed by atoms with E-state index in [0.717, 1.165) is 22.5 Å². The van der Waals surface area contributed by atoms with E-state index in [-0.39, 0.29) is 29.7 Å². The summed E-state index contributed by atoms with van der Waals surface area (Å²) in [4.78, 5) is 13.2. The molecule has 1 unspecified atom stereocenters. The van der Waals surface area contributed by atoms with Crippen molar-refractivity contribution in [3.63, 3.8) is 0 Å². The molecule has 1 fully saturated rings. The van der Waals surface area contributed by atoms with Crippen LogP contribution in [0.15, 0.2) is 42.5 Å². The molecular formula is C22H27F2N3O4S. The maximum absolute atomic E-state index is 14.2. The van der Waals surface area contributed by atoms with Gasteiger partial charge in [-0.15, -0.1) is 0 Å². The lowest BCUT2D eigenvalue weighted by Crippen LogP contribution is -2.60. The van der Waals surface area contributed by atoms with Crippen molar-refractivity contribution in [1.29, 1.82) is 0 Å². The molecule has 1 aliphatic heterocycles. The summed E-state index contributed by atoms with van der Waals surface area (Å²) in [6.07, 6.45) is 0.500. The average Bonchev–Trinajstić information content (AvgIpc) is 2.76. The normalized spacial score (nSPS) is 17.1. The molecule has 2 N–H and O–H groups in total. The van der Waals surface area contributed by atoms with Crippen LogP contribution in [0.5, 0.6) is 5.75 Å². The molecule has 0 saturated carbocycles. The number of amides is 1. The van der Waals surface area contributed by atoms with Crippen molar-refractivity contribution in [2.75, 3.05) is 34.3 Å². The highest BCUT2D eigenvalue weighted by molar-refractivity contribution is 7.89. The van der Waals surface area contributed by atoms with Crippen molar-refractivity contribution >= 4 is 15.9 Å². The van der Waals surface area contributed by atoms with Crippen LogP contribution in [0.4, 0.5) is 8.78 Å². The standard InChI is InChI=1S/C22H27F2N3O4S/c1-27(2)32(29,30)21(26-20(28)18-6-4-5-7-19(18)31-3)22(8-10-25-11-9-22)15-12-16(23)14-17(24)13-15/h4-7,12-14,21,25H,8-11H2,1-3H3,(H,26,28). The monoisotopic (exact) mass is 467 g/mol. The van der Waals surface area contributed by atoms with E-state index < -0.39 is 38.4 Å². The average molecular weight is 468 g/mol. The Morgan fingerprint density at radius 3 is 2.28 bits per heavy atom. The van der Waals surface area contributed by atoms with E-state index in [2.05, 4.69) is 10.6 Å². The van der Waals surface area contributed by atoms with E-state index in [1.165, 1.54) is 27.3 Å². The lowest BCUT2D eigenvalue weighted by molar-refractivity contribution is 0.0921. The van der Waals surface area contributed by atoms with Gasteiger partial charge in [-0.3, -0.25) is 4.79 Å². The Balaban J connectivity index is 2.17. The van der Waals surface area contributed by atoms with Gasteiger partial charge >= 0.3 is 0 Å². The molecule has 0 aliphatic carbocycles. The highest BCUT2D eigenvalue weighted by Gasteiger charge is 2.50. The van der Waals surface area contributed by atoms with E-state index in [1.54, 1.807) is 18.2 Å². The number of sulfonamides is 1. The Kier molecular flexibility index (Phi) is 7.16. The summed E-state index contributed by atoms with van der Waals surface area (Å²) in [7, 11) is 0.0204. The number of ether oxygens (including phenoxy) is 1. The quantitative estimate of drug-likeness (QED) is 0.652. The van der Waals surface area contributed by atoms with Gasteiger partial charge in [-0.05, 0) is 55.8 Å². The molecule has 10 heteroatoms. The Labute approximate surface area is 186 Å². The van der Waals surface area contributed by atoms with E-state index in [1.807, 2.05) is 0 Å². The van der Waals surface area contributed by atoms with E-state index in [0.29, 0.717) is 13.1 Å². The van der Waals surface area contributed by atoms with Crippen molar-refractivity contribution in [2.24, 2.45) is 0 Å². The number of piperidine rings is 1. The molecule has 1 atom stereocenters. The van der Waals surface area contributed by atoms with Crippen LogP contribution in [0.3, 0.4) is 0 Å². The van der Waals surface area contributed by atoms with Crippen LogP contribution in [0.2, 0.25) is 0 Å². The summed E-state index contributed by atoms with van der Waals surface area (Å²) in [6.45, 7) is 0.838. The molecule has 1 amide bonds. The second-order valence-corrected chi connectivity index (χ2v) is 10.2. The number of rotatable bonds is 7. The number of carbonyl (C=O) groups is 1. The zero-order chi connectivity index (χ0) is 23.5. The summed E-state index contributed by atoms with van der Waals surface area (Å²) >= 11 is 0. The molecular weight excluding hydrogens is 440 g/mol. The number of benzene rings is 2. The Hall–Kier alpha value is -2.56. The number of halogens is 2. The molecule has 1 aliphatic rings. The first-order valence-corrected chi connectivity index (χ1v) is 11.6. The lowest BCUT2D eigenvalue weighted by Gasteiger charge is -2.44. The van der Waals surface area contributed by atoms with Gasteiger partial charge in [-0.2, -0.15) is 0 Å². The molecule has 2 aromatic carbocycles. The van der Waals surface area contributed by atoms with Crippen LogP contribution in [0.25, 0.3) is 0 Å². The summed E-state index contributed by atoms with van der Waals surface area (Å²) in [5.74, 6) is -2.00. The topological polar surface area (TPSA) is 87.7 Å². The fraction of sp³-hybridized carbons (Fsp3) is 0.409. The third-order valence-electron chi connectivity index (χ3n) is 5.86. The van der Waals surface area contributed by atoms with Gasteiger partial charge in [0.2, 0.25) is 10.0 Å². The highest BCUT2D eigenvalue weighted by Crippen LogP contribution is 2.40. The number of para-hydroxylation sites is 1. The number of nitrogens with zero attached hydrogens (tertiary/aromatic N) is 1. The predicted octanol–water partition coefficient (Wildman–Crippen LogP) is 2.24. The largest absolute Gasteiger partial charge is 0.496 e. The van der Waals surface area contributed by atoms with Gasteiger partial charge < -0.3 is 15.4 Å². The van der Waals surface area contributed by atoms with Crippen LogP contribution in [0, 0.1) is 11.6 Å². The molecule has 32 heavy (non-hydrogen) atoms. The maximum atomic E-state index is 14.2. The minimum Gasteiger partial charge on any atom is -0.496 e. The van der Waals surface area contributed by atoms with Crippen molar-refractivity contribution < 1.29 is 26.7 Å². The summed E-state index contributed by atoms with van der Waals surface area (Å²) < 4.78 is 61.6. The SMILES string of the molecule is COc1ccccc1C(=O)NC(C1(c2cc(F)cc(F)c2)CCNCC1)S(=O)(=O)N(C)C. The Morgan fingerprint density at radius 1 is 1.12 bits per heavy atom. The van der Waals surface area contributed by atoms with Crippen LogP contribution in [0.1, 0.15) is 28.8 Å². The first kappa shape index (κ1) is 24.1. The molecule has 1 heterocycles. The van der Waals surface area contributed by atoms with Gasteiger partial charge in [0, 0.05) is 25.6 Å². The van der Waals surface area contributed by atoms with Gasteiger partial charge in [-0.1, -0.05) is 12.1 Å². The minimum absolute atomic E-state index is 0.156. The van der Waals surface area contributed by atoms with Crippen LogP contribution in [-0.4, -0.2) is 58.3 Å². The fourth-order valence-electron chi connectivity index (χ4n) is 4.15. The van der Waals surface area contributed by atoms with Crippen LogP contribution >= 0.6 is 0 Å². The number of nitrogens with one attached hydrogen (secondary N) is 2. The van der Waals surface area contributed by atoms with Gasteiger partial charge in [-0.25, -0.2) is 21.5 Å². The summed E-state index contributed by atoms with van der Waals surface area (Å²) in [6, 6.07) is 9.45. The van der Waals surface area contributed by atoms with Crippen molar-refractivity contribution in [3.05, 3.63) is 65.2 Å². The molecule has 2 aromatic rings. The third kappa shape index (κ3) is 4.62. The number of hydrogen-bond donors (Lipinski definition) is 2. The lowest BCUT2D eigenvalue weighted by atomic mass is 9.72. The van der Waals surface area contributed by atoms with E-state index in [4.69, 9.17) is 4.74 Å². The number of methoxy groups -OCH3 is 1. The molecule has 0 bridgehead atoms. The minimum atomic E-state index is -4.11. The van der Waals surface area contributed by atoms with Gasteiger partial charge in [0.25, 0.3) is 5.91 Å². The fourth-order valence-corrected chi connectivity index (χ4v) is 5.77. The van der Waals surface area contributed by atoms with Crippen LogP contribution in [-0.2, 0) is 15.4 Å². The van der Waals surface area contributed by atoms with E-state index in [9.17, 15) is 22.0 Å². The second kappa shape index (κ2) is 9.51. The Morgan fingerprint density at radius 2 is 1.72 bits per heavy atom. The molecule has 0 spiro atoms. The zero-order valence-corrected chi connectivity index (χ0v) is 19.0. The molecule has 1 saturated heterocycles. The predicted molar refractivity (Wildman–Crippen MR) is 117 cm³/mol. The molecule has 3 rings (SSSR count). The van der Waals surface area contributed by atoms with Crippen molar-refractivity contribution in [2.45, 2.75) is 23.6 Å². The van der Waals surface area contributed by atoms with Crippen molar-refractivity contribution in [1.82, 2.24) is 14.9 Å². The molecule has 0 aromatic heterocycles. The highest BCUT2D eigenvalue weighted by atomic mass is 32.2. The molecule has 174 valence electrons. The number of carbonyl (C=O) groups excluding carboxylic acids is 1. The smallest absolute Gasteiger partial charge is 0.256 e. The van der Waals surface area contributed by atoms with Crippen molar-refractivity contribution in [3.8, 4) is 5.75 Å². The van der Waals surface area contributed by atoms with Gasteiger partial charge in [0.05, 0.1) is 12.7 Å². The van der Waals surface area contributed by atoms with E-state index >= 15 is 0 Å².